The number of nitrogens with zero attached hydrogens (tertiary/aromatic N) is 5. The molecule has 0 N–H and O–H groups in total. The summed E-state index contributed by atoms with van der Waals surface area (Å²) in [5.41, 5.74) is 1.94. The lowest BCUT2D eigenvalue weighted by atomic mass is 10.3. The number of fused-ring (bicyclic) bond motifs is 3. The standard InChI is InChI=1S/C7H5N5/c1-2-8-5-3-9-7-11-10-4-12(7)6(1)5/h1-3H,4H2. The maximum absolute atomic E-state index is 4.13. The summed E-state index contributed by atoms with van der Waals surface area (Å²) >= 11 is 0. The van der Waals surface area contributed by atoms with E-state index >= 15 is 0 Å². The van der Waals surface area contributed by atoms with Crippen LogP contribution >= 0.6 is 0 Å². The van der Waals surface area contributed by atoms with Crippen molar-refractivity contribution in [2.45, 2.75) is 6.67 Å². The van der Waals surface area contributed by atoms with Gasteiger partial charge in [0.25, 0.3) is 5.95 Å². The summed E-state index contributed by atoms with van der Waals surface area (Å²) in [5.74, 6) is 0.663. The number of hydrogen-bond donors (Lipinski definition) is 0. The summed E-state index contributed by atoms with van der Waals surface area (Å²) in [6, 6.07) is 1.94. The molecule has 3 heterocycles. The van der Waals surface area contributed by atoms with Crippen molar-refractivity contribution < 1.29 is 0 Å². The van der Waals surface area contributed by atoms with Gasteiger partial charge in [-0.3, -0.25) is 9.55 Å². The molecule has 0 bridgehead atoms. The predicted octanol–water partition coefficient (Wildman–Crippen LogP) is 1.44. The van der Waals surface area contributed by atoms with Crippen molar-refractivity contribution in [2.75, 3.05) is 0 Å². The van der Waals surface area contributed by atoms with Crippen LogP contribution in [0.3, 0.4) is 0 Å². The molecule has 0 atom stereocenters. The first-order valence-corrected chi connectivity index (χ1v) is 3.63. The molecular weight excluding hydrogens is 154 g/mol. The summed E-state index contributed by atoms with van der Waals surface area (Å²) in [6.07, 6.45) is 3.48. The number of hydrogen-bond acceptors (Lipinski definition) is 4. The van der Waals surface area contributed by atoms with Crippen LogP contribution in [-0.2, 0) is 6.67 Å². The van der Waals surface area contributed by atoms with Gasteiger partial charge in [-0.2, -0.15) is 5.11 Å². The van der Waals surface area contributed by atoms with Crippen molar-refractivity contribution in [3.63, 3.8) is 0 Å². The first-order valence-electron chi connectivity index (χ1n) is 3.63. The van der Waals surface area contributed by atoms with E-state index in [2.05, 4.69) is 20.2 Å². The highest BCUT2D eigenvalue weighted by Gasteiger charge is 2.15. The van der Waals surface area contributed by atoms with Crippen LogP contribution in [0.2, 0.25) is 0 Å². The van der Waals surface area contributed by atoms with Crippen LogP contribution in [0.1, 0.15) is 0 Å². The molecule has 3 aliphatic heterocycles. The summed E-state index contributed by atoms with van der Waals surface area (Å²) in [5, 5.41) is 7.76. The Hall–Kier alpha value is -1.78. The second kappa shape index (κ2) is 1.88. The van der Waals surface area contributed by atoms with Gasteiger partial charge < -0.3 is 0 Å². The lowest BCUT2D eigenvalue weighted by Gasteiger charge is -2.04. The molecule has 0 fully saturated rings. The minimum absolute atomic E-state index is 0.561. The lowest BCUT2D eigenvalue weighted by molar-refractivity contribution is 0.769. The van der Waals surface area contributed by atoms with Gasteiger partial charge in [0.2, 0.25) is 0 Å². The third kappa shape index (κ3) is 0.578. The van der Waals surface area contributed by atoms with E-state index in [0.29, 0.717) is 12.6 Å². The van der Waals surface area contributed by atoms with Gasteiger partial charge in [-0.25, -0.2) is 4.98 Å². The number of aromatic nitrogens is 3. The van der Waals surface area contributed by atoms with Crippen molar-refractivity contribution in [1.29, 1.82) is 0 Å². The minimum Gasteiger partial charge on any atom is -0.285 e. The van der Waals surface area contributed by atoms with Crippen molar-refractivity contribution in [2.24, 2.45) is 10.2 Å². The Morgan fingerprint density at radius 3 is 3.33 bits per heavy atom. The molecule has 5 heteroatoms. The Morgan fingerprint density at radius 2 is 2.33 bits per heavy atom. The van der Waals surface area contributed by atoms with E-state index in [0.717, 1.165) is 11.4 Å². The molecule has 0 amide bonds. The lowest BCUT2D eigenvalue weighted by Crippen LogP contribution is -1.99. The quantitative estimate of drug-likeness (QED) is 0.584. The van der Waals surface area contributed by atoms with E-state index < -0.39 is 0 Å². The Balaban J connectivity index is 2.41. The highest BCUT2D eigenvalue weighted by atomic mass is 15.4. The summed E-state index contributed by atoms with van der Waals surface area (Å²) in [4.78, 5) is 8.23. The Kier molecular flexibility index (Phi) is 0.910. The Morgan fingerprint density at radius 1 is 1.33 bits per heavy atom. The van der Waals surface area contributed by atoms with Gasteiger partial charge in [0.05, 0.1) is 11.9 Å². The van der Waals surface area contributed by atoms with Crippen LogP contribution in [0.15, 0.2) is 28.7 Å². The molecule has 0 saturated carbocycles. The molecule has 0 aliphatic carbocycles. The van der Waals surface area contributed by atoms with Crippen LogP contribution in [0.25, 0.3) is 11.4 Å². The van der Waals surface area contributed by atoms with Crippen LogP contribution in [-0.4, -0.2) is 14.5 Å². The third-order valence-corrected chi connectivity index (χ3v) is 1.91. The zero-order chi connectivity index (χ0) is 7.97. The smallest absolute Gasteiger partial charge is 0.251 e. The average Bonchev–Trinajstić information content (AvgIpc) is 2.71. The molecule has 0 spiro atoms. The van der Waals surface area contributed by atoms with Gasteiger partial charge in [-0.15, -0.1) is 5.11 Å². The van der Waals surface area contributed by atoms with Crippen molar-refractivity contribution in [3.8, 4) is 11.4 Å². The molecule has 0 aromatic heterocycles. The van der Waals surface area contributed by atoms with Crippen LogP contribution in [0.4, 0.5) is 5.95 Å². The predicted molar refractivity (Wildman–Crippen MR) is 41.2 cm³/mol. The van der Waals surface area contributed by atoms with E-state index in [1.54, 1.807) is 12.4 Å². The Labute approximate surface area is 68.1 Å². The van der Waals surface area contributed by atoms with E-state index in [1.165, 1.54) is 0 Å². The SMILES string of the molecule is c1cc2n3c(ncc-2n1)N=NC3. The second-order valence-corrected chi connectivity index (χ2v) is 2.58. The molecule has 0 unspecified atom stereocenters. The van der Waals surface area contributed by atoms with Crippen LogP contribution in [0, 0.1) is 0 Å². The first-order chi connectivity index (χ1) is 5.95. The van der Waals surface area contributed by atoms with Gasteiger partial charge in [0, 0.05) is 6.20 Å². The summed E-state index contributed by atoms with van der Waals surface area (Å²) < 4.78 is 1.93. The second-order valence-electron chi connectivity index (χ2n) is 2.58. The molecule has 3 aliphatic rings. The molecule has 0 radical (unpaired) electrons. The molecule has 12 heavy (non-hydrogen) atoms. The van der Waals surface area contributed by atoms with Crippen molar-refractivity contribution in [1.82, 2.24) is 14.5 Å². The van der Waals surface area contributed by atoms with E-state index in [-0.39, 0.29) is 0 Å². The van der Waals surface area contributed by atoms with E-state index in [4.69, 9.17) is 0 Å². The first kappa shape index (κ1) is 5.82. The van der Waals surface area contributed by atoms with Crippen molar-refractivity contribution in [3.05, 3.63) is 18.5 Å². The maximum Gasteiger partial charge on any atom is 0.251 e. The molecule has 0 saturated heterocycles. The fourth-order valence-corrected chi connectivity index (χ4v) is 1.34. The fraction of sp³-hybridized carbons (Fsp3) is 0.143. The molecule has 5 nitrogen and oxygen atoms in total. The van der Waals surface area contributed by atoms with Gasteiger partial charge in [0.1, 0.15) is 12.4 Å². The molecule has 3 rings (SSSR count). The third-order valence-electron chi connectivity index (χ3n) is 1.91. The zero-order valence-electron chi connectivity index (χ0n) is 6.18. The van der Waals surface area contributed by atoms with Crippen LogP contribution < -0.4 is 0 Å². The molecule has 58 valence electrons. The summed E-state index contributed by atoms with van der Waals surface area (Å²) in [6.45, 7) is 0.561. The van der Waals surface area contributed by atoms with Crippen molar-refractivity contribution >= 4 is 5.95 Å². The van der Waals surface area contributed by atoms with Gasteiger partial charge >= 0.3 is 0 Å². The molecule has 0 aromatic rings. The minimum atomic E-state index is 0.561. The maximum atomic E-state index is 4.13. The van der Waals surface area contributed by atoms with E-state index in [9.17, 15) is 0 Å². The monoisotopic (exact) mass is 159 g/mol. The zero-order valence-corrected chi connectivity index (χ0v) is 6.18. The average molecular weight is 159 g/mol. The van der Waals surface area contributed by atoms with Gasteiger partial charge in [-0.05, 0) is 6.07 Å². The number of rotatable bonds is 0. The molecular formula is C7H5N5. The summed E-state index contributed by atoms with van der Waals surface area (Å²) in [7, 11) is 0. The van der Waals surface area contributed by atoms with E-state index in [1.807, 2.05) is 10.6 Å². The topological polar surface area (TPSA) is 55.4 Å². The largest absolute Gasteiger partial charge is 0.285 e. The van der Waals surface area contributed by atoms with Gasteiger partial charge in [0.15, 0.2) is 0 Å². The number of azo groups is 1. The van der Waals surface area contributed by atoms with Gasteiger partial charge in [-0.1, -0.05) is 0 Å². The molecule has 0 aromatic carbocycles. The normalized spacial score (nSPS) is 14.0. The van der Waals surface area contributed by atoms with Crippen LogP contribution in [0.5, 0.6) is 0 Å². The highest BCUT2D eigenvalue weighted by Crippen LogP contribution is 2.26. The fourth-order valence-electron chi connectivity index (χ4n) is 1.34. The Bertz CT molecular complexity index is 430. The highest BCUT2D eigenvalue weighted by molar-refractivity contribution is 5.57.